The van der Waals surface area contributed by atoms with Gasteiger partial charge in [0.05, 0.1) is 37.1 Å². The lowest BCUT2D eigenvalue weighted by Gasteiger charge is -2.47. The molecule has 3 aliphatic rings. The summed E-state index contributed by atoms with van der Waals surface area (Å²) < 4.78 is 33.5. The predicted octanol–water partition coefficient (Wildman–Crippen LogP) is 2.87. The zero-order valence-corrected chi connectivity index (χ0v) is 35.4. The van der Waals surface area contributed by atoms with Gasteiger partial charge < -0.3 is 49.4 Å². The number of hydrogen-bond acceptors (Lipinski definition) is 16. The molecule has 17 heteroatoms. The largest absolute Gasteiger partial charge is 0.459 e. The Labute approximate surface area is 340 Å². The van der Waals surface area contributed by atoms with E-state index in [0.29, 0.717) is 23.6 Å². The van der Waals surface area contributed by atoms with Crippen molar-refractivity contribution in [2.45, 2.75) is 135 Å². The molecule has 17 nitrogen and oxygen atoms in total. The summed E-state index contributed by atoms with van der Waals surface area (Å²) in [6.07, 6.45) is -2.02. The Hall–Kier alpha value is -3.84. The number of anilines is 1. The van der Waals surface area contributed by atoms with Crippen molar-refractivity contribution in [2.75, 3.05) is 33.0 Å². The summed E-state index contributed by atoms with van der Waals surface area (Å²) in [6.45, 7) is 12.9. The summed E-state index contributed by atoms with van der Waals surface area (Å²) in [6, 6.07) is 4.91. The van der Waals surface area contributed by atoms with E-state index < -0.39 is 77.3 Å². The maximum Gasteiger partial charge on any atom is 0.316 e. The summed E-state index contributed by atoms with van der Waals surface area (Å²) in [5.41, 5.74) is 3.40. The molecule has 322 valence electrons. The molecule has 3 fully saturated rings. The molecule has 0 unspecified atom stereocenters. The highest BCUT2D eigenvalue weighted by atomic mass is 16.7. The van der Waals surface area contributed by atoms with E-state index in [2.05, 4.69) is 15.2 Å². The van der Waals surface area contributed by atoms with Gasteiger partial charge in [0.1, 0.15) is 47.6 Å². The third-order valence-corrected chi connectivity index (χ3v) is 11.9. The minimum absolute atomic E-state index is 0.0213. The Kier molecular flexibility index (Phi) is 14.5. The van der Waals surface area contributed by atoms with Crippen molar-refractivity contribution >= 4 is 29.1 Å². The van der Waals surface area contributed by atoms with Crippen molar-refractivity contribution in [3.8, 4) is 5.82 Å². The number of nitrogens with two attached hydrogens (primary N) is 1. The molecule has 3 saturated heterocycles. The standard InChI is InChI=1S/C41H62N6O11/c1-11-30-41(8,52)37-24(4)33(48)22(2)17-40(7,54-21-28(20-53-37)45-55-19-27-12-13-32(43-18-27)47-15-14-31(42)44-47)36(25(5)34(49)26(6)38(51)57-30)58-39-35(50)29(46(9)10)16-23(3)56-39/h12-15,18,22-26,29-30,35-37,39,50,52H,11,16-17,19-21H2,1-10H3,(H2,42,44)/b45-28+/t22-,23-,24+,25+,26-,29+,30-,35-,36-,37+,39+,40-,41-/m1/s1. The molecule has 0 radical (unpaired) electrons. The molecular weight excluding hydrogens is 752 g/mol. The first-order chi connectivity index (χ1) is 27.3. The normalized spacial score (nSPS) is 37.8. The van der Waals surface area contributed by atoms with Gasteiger partial charge in [-0.3, -0.25) is 14.4 Å². The van der Waals surface area contributed by atoms with Gasteiger partial charge in [0.15, 0.2) is 17.9 Å². The van der Waals surface area contributed by atoms with Crippen LogP contribution in [0.25, 0.3) is 5.82 Å². The van der Waals surface area contributed by atoms with Crippen LogP contribution in [0.5, 0.6) is 0 Å². The summed E-state index contributed by atoms with van der Waals surface area (Å²) >= 11 is 0. The molecule has 0 saturated carbocycles. The molecule has 58 heavy (non-hydrogen) atoms. The van der Waals surface area contributed by atoms with Crippen molar-refractivity contribution < 1.29 is 53.1 Å². The van der Waals surface area contributed by atoms with E-state index in [1.54, 1.807) is 63.8 Å². The number of nitrogens with zero attached hydrogens (tertiary/aromatic N) is 5. The van der Waals surface area contributed by atoms with Gasteiger partial charge >= 0.3 is 5.97 Å². The van der Waals surface area contributed by atoms with Crippen molar-refractivity contribution in [2.24, 2.45) is 28.8 Å². The summed E-state index contributed by atoms with van der Waals surface area (Å²) in [5.74, 6) is -4.59. The van der Waals surface area contributed by atoms with E-state index in [0.717, 1.165) is 0 Å². The number of aliphatic hydroxyl groups is 2. The molecule has 2 bridgehead atoms. The van der Waals surface area contributed by atoms with Crippen LogP contribution in [0.2, 0.25) is 0 Å². The summed E-state index contributed by atoms with van der Waals surface area (Å²) in [4.78, 5) is 54.7. The minimum Gasteiger partial charge on any atom is -0.459 e. The number of carbonyl (C=O) groups is 3. The van der Waals surface area contributed by atoms with Crippen LogP contribution in [0.3, 0.4) is 0 Å². The number of aromatic nitrogens is 3. The van der Waals surface area contributed by atoms with Crippen LogP contribution in [0.15, 0.2) is 35.7 Å². The second-order valence-corrected chi connectivity index (χ2v) is 16.9. The van der Waals surface area contributed by atoms with Gasteiger partial charge in [0.2, 0.25) is 0 Å². The van der Waals surface area contributed by atoms with Crippen LogP contribution < -0.4 is 5.73 Å². The number of nitrogen functional groups attached to an aromatic ring is 1. The third kappa shape index (κ3) is 9.95. The molecule has 5 rings (SSSR count). The van der Waals surface area contributed by atoms with E-state index in [1.165, 1.54) is 13.8 Å². The Balaban J connectivity index is 1.57. The smallest absolute Gasteiger partial charge is 0.316 e. The van der Waals surface area contributed by atoms with Crippen molar-refractivity contribution in [3.63, 3.8) is 0 Å². The van der Waals surface area contributed by atoms with Gasteiger partial charge in [-0.25, -0.2) is 9.67 Å². The molecule has 13 atom stereocenters. The Morgan fingerprint density at radius 2 is 1.78 bits per heavy atom. The first kappa shape index (κ1) is 45.2. The SMILES string of the molecule is CC[C@H]1OC(=O)[C@H](C)C(=O)[C@H](C)[C@@H](O[C@@H]2O[C@H](C)C[C@H](N(C)C)[C@H]2O)[C@@]2(C)C[C@@H](C)C(=O)[C@H](C)[C@H](OC/C(=N\OCc3ccc(-n4ccc(N)n4)nc3)CO2)[C@]1(C)O. The fraction of sp³-hybridized carbons (Fsp3) is 0.707. The molecule has 0 amide bonds. The molecule has 2 aromatic heterocycles. The van der Waals surface area contributed by atoms with E-state index >= 15 is 0 Å². The highest BCUT2D eigenvalue weighted by Crippen LogP contribution is 2.39. The topological polar surface area (TPSA) is 219 Å². The molecule has 0 aliphatic carbocycles. The maximum absolute atomic E-state index is 14.4. The number of pyridine rings is 1. The van der Waals surface area contributed by atoms with Crippen LogP contribution >= 0.6 is 0 Å². The predicted molar refractivity (Wildman–Crippen MR) is 211 cm³/mol. The number of carbonyl (C=O) groups excluding carboxylic acids is 3. The average molecular weight is 815 g/mol. The number of oxime groups is 1. The average Bonchev–Trinajstić information content (AvgIpc) is 3.62. The van der Waals surface area contributed by atoms with Crippen LogP contribution in [0, 0.1) is 23.7 Å². The van der Waals surface area contributed by atoms with Crippen LogP contribution in [-0.4, -0.2) is 134 Å². The fourth-order valence-corrected chi connectivity index (χ4v) is 8.50. The number of rotatable bonds is 8. The number of aliphatic hydroxyl groups excluding tert-OH is 1. The zero-order valence-electron chi connectivity index (χ0n) is 35.4. The number of cyclic esters (lactones) is 1. The van der Waals surface area contributed by atoms with E-state index in [1.807, 2.05) is 32.0 Å². The number of hydrogen-bond donors (Lipinski definition) is 3. The van der Waals surface area contributed by atoms with Crippen LogP contribution in [-0.2, 0) is 49.5 Å². The van der Waals surface area contributed by atoms with E-state index in [-0.39, 0.29) is 56.3 Å². The Bertz CT molecular complexity index is 1770. The van der Waals surface area contributed by atoms with E-state index in [9.17, 15) is 24.6 Å². The van der Waals surface area contributed by atoms with Crippen LogP contribution in [0.1, 0.15) is 80.2 Å². The zero-order chi connectivity index (χ0) is 42.7. The molecule has 3 aliphatic heterocycles. The highest BCUT2D eigenvalue weighted by Gasteiger charge is 2.53. The fourth-order valence-electron chi connectivity index (χ4n) is 8.50. The maximum atomic E-state index is 14.4. The lowest BCUT2D eigenvalue weighted by Crippen LogP contribution is -2.60. The minimum atomic E-state index is -1.88. The number of fused-ring (bicyclic) bond motifs is 5. The van der Waals surface area contributed by atoms with Crippen molar-refractivity contribution in [3.05, 3.63) is 36.2 Å². The van der Waals surface area contributed by atoms with Gasteiger partial charge in [-0.1, -0.05) is 38.9 Å². The van der Waals surface area contributed by atoms with Gasteiger partial charge in [-0.2, -0.15) is 0 Å². The lowest BCUT2D eigenvalue weighted by molar-refractivity contribution is -0.296. The van der Waals surface area contributed by atoms with Crippen LogP contribution in [0.4, 0.5) is 5.82 Å². The number of Topliss-reactive ketones (excluding diaryl/α,β-unsaturated/α-hetero) is 2. The second-order valence-electron chi connectivity index (χ2n) is 16.9. The number of ether oxygens (including phenoxy) is 5. The van der Waals surface area contributed by atoms with Gasteiger partial charge in [-0.05, 0) is 67.1 Å². The van der Waals surface area contributed by atoms with Crippen molar-refractivity contribution in [1.29, 1.82) is 0 Å². The monoisotopic (exact) mass is 814 g/mol. The molecule has 0 aromatic carbocycles. The molecule has 0 spiro atoms. The number of ketones is 2. The van der Waals surface area contributed by atoms with Gasteiger partial charge in [0.25, 0.3) is 0 Å². The second kappa shape index (κ2) is 18.6. The summed E-state index contributed by atoms with van der Waals surface area (Å²) in [5, 5.41) is 32.3. The van der Waals surface area contributed by atoms with E-state index in [4.69, 9.17) is 34.3 Å². The quantitative estimate of drug-likeness (QED) is 0.198. The Morgan fingerprint density at radius 3 is 2.40 bits per heavy atom. The van der Waals surface area contributed by atoms with Gasteiger partial charge in [0, 0.05) is 47.8 Å². The number of likely N-dealkylation sites (N-methyl/N-ethyl adjacent to an activating group) is 1. The number of esters is 1. The lowest BCUT2D eigenvalue weighted by atomic mass is 9.74. The molecule has 5 heterocycles. The third-order valence-electron chi connectivity index (χ3n) is 11.9. The first-order valence-electron chi connectivity index (χ1n) is 20.1. The van der Waals surface area contributed by atoms with Crippen molar-refractivity contribution in [1.82, 2.24) is 19.7 Å². The van der Waals surface area contributed by atoms with Gasteiger partial charge in [-0.15, -0.1) is 5.10 Å². The molecule has 4 N–H and O–H groups in total. The Morgan fingerprint density at radius 1 is 1.05 bits per heavy atom. The highest BCUT2D eigenvalue weighted by molar-refractivity contribution is 6.00. The first-order valence-corrected chi connectivity index (χ1v) is 20.1. The molecule has 2 aromatic rings. The summed E-state index contributed by atoms with van der Waals surface area (Å²) in [7, 11) is 3.71. The molecular formula is C41H62N6O11.